The number of rotatable bonds is 5. The van der Waals surface area contributed by atoms with Crippen molar-refractivity contribution < 1.29 is 13.2 Å². The largest absolute Gasteiger partial charge is 0.349 e. The fourth-order valence-electron chi connectivity index (χ4n) is 2.05. The van der Waals surface area contributed by atoms with Crippen LogP contribution in [0.5, 0.6) is 0 Å². The molecule has 1 amide bonds. The highest BCUT2D eigenvalue weighted by atomic mass is 32.2. The fourth-order valence-corrected chi connectivity index (χ4v) is 4.73. The molecule has 0 aromatic carbocycles. The molecule has 0 spiro atoms. The van der Waals surface area contributed by atoms with Gasteiger partial charge in [-0.3, -0.25) is 4.79 Å². The average Bonchev–Trinajstić information content (AvgIpc) is 3.09. The summed E-state index contributed by atoms with van der Waals surface area (Å²) in [7, 11) is -3.42. The first-order chi connectivity index (χ1) is 9.45. The van der Waals surface area contributed by atoms with E-state index in [-0.39, 0.29) is 16.8 Å². The smallest absolute Gasteiger partial charge is 0.261 e. The highest BCUT2D eigenvalue weighted by Gasteiger charge is 2.28. The number of thiophene rings is 1. The van der Waals surface area contributed by atoms with Gasteiger partial charge in [0.1, 0.15) is 0 Å². The van der Waals surface area contributed by atoms with Gasteiger partial charge in [0.2, 0.25) is 10.0 Å². The maximum atomic E-state index is 12.3. The summed E-state index contributed by atoms with van der Waals surface area (Å²) in [6.45, 7) is 5.06. The summed E-state index contributed by atoms with van der Waals surface area (Å²) >= 11 is 1.18. The lowest BCUT2D eigenvalue weighted by molar-refractivity contribution is 0.0943. The number of carbonyl (C=O) groups is 1. The molecule has 1 N–H and O–H groups in total. The van der Waals surface area contributed by atoms with Gasteiger partial charge < -0.3 is 5.32 Å². The maximum Gasteiger partial charge on any atom is 0.261 e. The summed E-state index contributed by atoms with van der Waals surface area (Å²) < 4.78 is 26.2. The van der Waals surface area contributed by atoms with E-state index >= 15 is 0 Å². The molecule has 1 aliphatic heterocycles. The Morgan fingerprint density at radius 3 is 2.70 bits per heavy atom. The van der Waals surface area contributed by atoms with Crippen LogP contribution in [0.2, 0.25) is 0 Å². The summed E-state index contributed by atoms with van der Waals surface area (Å²) in [5, 5.41) is 4.40. The van der Waals surface area contributed by atoms with E-state index in [1.165, 1.54) is 21.7 Å². The summed E-state index contributed by atoms with van der Waals surface area (Å²) in [5.41, 5.74) is 0. The number of hydrogen-bond acceptors (Lipinski definition) is 4. The average molecular weight is 316 g/mol. The summed E-state index contributed by atoms with van der Waals surface area (Å²) in [6.07, 6.45) is 2.66. The van der Waals surface area contributed by atoms with E-state index in [4.69, 9.17) is 0 Å². The molecule has 20 heavy (non-hydrogen) atoms. The lowest BCUT2D eigenvalue weighted by Gasteiger charge is -2.13. The quantitative estimate of drug-likeness (QED) is 0.904. The van der Waals surface area contributed by atoms with E-state index in [0.29, 0.717) is 18.0 Å². The van der Waals surface area contributed by atoms with E-state index < -0.39 is 10.0 Å². The molecule has 1 aliphatic rings. The van der Waals surface area contributed by atoms with Crippen LogP contribution in [0, 0.1) is 0 Å². The number of amides is 1. The standard InChI is InChI=1S/C13H20N2O3S2/c1-3-10(2)14-13(16)12-8-11(9-19-12)20(17,18)15-6-4-5-7-15/h8-10H,3-7H2,1-2H3,(H,14,16)/t10-/m1/s1. The number of sulfonamides is 1. The van der Waals surface area contributed by atoms with Crippen LogP contribution in [-0.4, -0.2) is 37.8 Å². The predicted molar refractivity (Wildman–Crippen MR) is 79.5 cm³/mol. The Balaban J connectivity index is 2.14. The Labute approximate surface area is 124 Å². The second kappa shape index (κ2) is 6.24. The van der Waals surface area contributed by atoms with Crippen LogP contribution >= 0.6 is 11.3 Å². The zero-order chi connectivity index (χ0) is 14.8. The first-order valence-corrected chi connectivity index (χ1v) is 9.16. The lowest BCUT2D eigenvalue weighted by atomic mass is 10.2. The molecule has 1 aromatic rings. The number of carbonyl (C=O) groups excluding carboxylic acids is 1. The van der Waals surface area contributed by atoms with Crippen molar-refractivity contribution in [3.05, 3.63) is 16.3 Å². The molecular formula is C13H20N2O3S2. The van der Waals surface area contributed by atoms with Crippen molar-refractivity contribution >= 4 is 27.3 Å². The zero-order valence-corrected chi connectivity index (χ0v) is 13.4. The lowest BCUT2D eigenvalue weighted by Crippen LogP contribution is -2.31. The molecule has 1 fully saturated rings. The molecule has 1 atom stereocenters. The summed E-state index contributed by atoms with van der Waals surface area (Å²) in [6, 6.07) is 1.57. The van der Waals surface area contributed by atoms with Gasteiger partial charge in [-0.2, -0.15) is 4.31 Å². The fraction of sp³-hybridized carbons (Fsp3) is 0.615. The van der Waals surface area contributed by atoms with Gasteiger partial charge in [-0.25, -0.2) is 8.42 Å². The van der Waals surface area contributed by atoms with Crippen molar-refractivity contribution in [2.24, 2.45) is 0 Å². The van der Waals surface area contributed by atoms with Crippen LogP contribution in [0.3, 0.4) is 0 Å². The Morgan fingerprint density at radius 2 is 2.10 bits per heavy atom. The first-order valence-electron chi connectivity index (χ1n) is 6.84. The molecule has 0 saturated carbocycles. The van der Waals surface area contributed by atoms with Crippen molar-refractivity contribution in [2.45, 2.75) is 44.0 Å². The molecule has 0 unspecified atom stereocenters. The number of hydrogen-bond donors (Lipinski definition) is 1. The molecule has 1 saturated heterocycles. The van der Waals surface area contributed by atoms with Crippen LogP contribution in [0.25, 0.3) is 0 Å². The molecule has 112 valence electrons. The van der Waals surface area contributed by atoms with E-state index in [2.05, 4.69) is 5.32 Å². The Bertz CT molecular complexity index is 574. The van der Waals surface area contributed by atoms with E-state index in [1.54, 1.807) is 5.38 Å². The predicted octanol–water partition coefficient (Wildman–Crippen LogP) is 2.06. The molecule has 1 aromatic heterocycles. The van der Waals surface area contributed by atoms with Gasteiger partial charge in [-0.1, -0.05) is 6.92 Å². The van der Waals surface area contributed by atoms with Gasteiger partial charge in [0.15, 0.2) is 0 Å². The van der Waals surface area contributed by atoms with E-state index in [9.17, 15) is 13.2 Å². The normalized spacial score (nSPS) is 18.1. The molecule has 2 rings (SSSR count). The van der Waals surface area contributed by atoms with Crippen molar-refractivity contribution in [2.75, 3.05) is 13.1 Å². The van der Waals surface area contributed by atoms with Crippen LogP contribution in [0.15, 0.2) is 16.3 Å². The highest BCUT2D eigenvalue weighted by Crippen LogP contribution is 2.25. The summed E-state index contributed by atoms with van der Waals surface area (Å²) in [5.74, 6) is -0.202. The van der Waals surface area contributed by atoms with Crippen molar-refractivity contribution in [3.63, 3.8) is 0 Å². The molecule has 0 bridgehead atoms. The number of nitrogens with one attached hydrogen (secondary N) is 1. The minimum Gasteiger partial charge on any atom is -0.349 e. The second-order valence-corrected chi connectivity index (χ2v) is 7.89. The third-order valence-electron chi connectivity index (χ3n) is 3.49. The SMILES string of the molecule is CC[C@@H](C)NC(=O)c1cc(S(=O)(=O)N2CCCC2)cs1. The molecule has 0 aliphatic carbocycles. The minimum absolute atomic E-state index is 0.0863. The third kappa shape index (κ3) is 3.21. The van der Waals surface area contributed by atoms with Crippen molar-refractivity contribution in [1.82, 2.24) is 9.62 Å². The van der Waals surface area contributed by atoms with Gasteiger partial charge in [0.05, 0.1) is 9.77 Å². The molecule has 7 heteroatoms. The molecule has 2 heterocycles. The van der Waals surface area contributed by atoms with Gasteiger partial charge in [-0.15, -0.1) is 11.3 Å². The van der Waals surface area contributed by atoms with Gasteiger partial charge >= 0.3 is 0 Å². The van der Waals surface area contributed by atoms with Gasteiger partial charge in [0, 0.05) is 24.5 Å². The van der Waals surface area contributed by atoms with Crippen LogP contribution in [0.1, 0.15) is 42.8 Å². The minimum atomic E-state index is -3.42. The first kappa shape index (κ1) is 15.5. The Kier molecular flexibility index (Phi) is 4.82. The van der Waals surface area contributed by atoms with Gasteiger partial charge in [-0.05, 0) is 32.3 Å². The van der Waals surface area contributed by atoms with Crippen LogP contribution in [-0.2, 0) is 10.0 Å². The second-order valence-electron chi connectivity index (χ2n) is 5.04. The zero-order valence-electron chi connectivity index (χ0n) is 11.8. The van der Waals surface area contributed by atoms with E-state index in [1.807, 2.05) is 13.8 Å². The topological polar surface area (TPSA) is 66.5 Å². The Hall–Kier alpha value is -0.920. The summed E-state index contributed by atoms with van der Waals surface area (Å²) in [4.78, 5) is 12.6. The van der Waals surface area contributed by atoms with Crippen molar-refractivity contribution in [3.8, 4) is 0 Å². The molecule has 5 nitrogen and oxygen atoms in total. The van der Waals surface area contributed by atoms with E-state index in [0.717, 1.165) is 19.3 Å². The highest BCUT2D eigenvalue weighted by molar-refractivity contribution is 7.89. The maximum absolute atomic E-state index is 12.3. The Morgan fingerprint density at radius 1 is 1.45 bits per heavy atom. The van der Waals surface area contributed by atoms with Crippen molar-refractivity contribution in [1.29, 1.82) is 0 Å². The third-order valence-corrected chi connectivity index (χ3v) is 6.45. The van der Waals surface area contributed by atoms with Crippen LogP contribution < -0.4 is 5.32 Å². The number of nitrogens with zero attached hydrogens (tertiary/aromatic N) is 1. The molecular weight excluding hydrogens is 296 g/mol. The van der Waals surface area contributed by atoms with Crippen LogP contribution in [0.4, 0.5) is 0 Å². The monoisotopic (exact) mass is 316 g/mol. The van der Waals surface area contributed by atoms with Gasteiger partial charge in [0.25, 0.3) is 5.91 Å². The molecule has 0 radical (unpaired) electrons.